The fraction of sp³-hybridized carbons (Fsp3) is 0.154. The Kier molecular flexibility index (Phi) is 3.52. The van der Waals surface area contributed by atoms with Gasteiger partial charge >= 0.3 is 0 Å². The number of rotatable bonds is 4. The Morgan fingerprint density at radius 3 is 2.61 bits per heavy atom. The van der Waals surface area contributed by atoms with Crippen molar-refractivity contribution >= 4 is 5.78 Å². The highest BCUT2D eigenvalue weighted by Gasteiger charge is 2.17. The van der Waals surface area contributed by atoms with E-state index in [1.807, 2.05) is 0 Å². The summed E-state index contributed by atoms with van der Waals surface area (Å²) >= 11 is 0. The van der Waals surface area contributed by atoms with Crippen molar-refractivity contribution in [2.24, 2.45) is 0 Å². The molecule has 0 N–H and O–H groups in total. The van der Waals surface area contributed by atoms with Crippen LogP contribution in [0.2, 0.25) is 0 Å². The molecule has 5 nitrogen and oxygen atoms in total. The zero-order valence-corrected chi connectivity index (χ0v) is 10.1. The van der Waals surface area contributed by atoms with Crippen molar-refractivity contribution in [2.75, 3.05) is 14.2 Å². The van der Waals surface area contributed by atoms with E-state index in [9.17, 15) is 4.79 Å². The first-order chi connectivity index (χ1) is 8.76. The molecule has 0 bridgehead atoms. The van der Waals surface area contributed by atoms with Crippen molar-refractivity contribution in [1.82, 2.24) is 9.97 Å². The van der Waals surface area contributed by atoms with Gasteiger partial charge in [-0.15, -0.1) is 0 Å². The largest absolute Gasteiger partial charge is 0.497 e. The number of hydrogen-bond donors (Lipinski definition) is 0. The van der Waals surface area contributed by atoms with Crippen molar-refractivity contribution in [1.29, 1.82) is 0 Å². The van der Waals surface area contributed by atoms with Gasteiger partial charge in [-0.2, -0.15) is 0 Å². The topological polar surface area (TPSA) is 61.3 Å². The molecule has 92 valence electrons. The quantitative estimate of drug-likeness (QED) is 0.766. The first-order valence-electron chi connectivity index (χ1n) is 5.30. The number of hydrogen-bond acceptors (Lipinski definition) is 5. The van der Waals surface area contributed by atoms with Gasteiger partial charge in [-0.1, -0.05) is 12.1 Å². The molecular weight excluding hydrogens is 232 g/mol. The Labute approximate surface area is 104 Å². The average Bonchev–Trinajstić information content (AvgIpc) is 2.46. The molecule has 0 atom stereocenters. The second-order valence-electron chi connectivity index (χ2n) is 3.48. The van der Waals surface area contributed by atoms with Crippen LogP contribution in [0.1, 0.15) is 16.1 Å². The van der Waals surface area contributed by atoms with Crippen LogP contribution >= 0.6 is 0 Å². The molecule has 0 spiro atoms. The Hall–Kier alpha value is -2.43. The summed E-state index contributed by atoms with van der Waals surface area (Å²) < 4.78 is 10.1. The summed E-state index contributed by atoms with van der Waals surface area (Å²) in [7, 11) is 3.00. The maximum absolute atomic E-state index is 12.3. The van der Waals surface area contributed by atoms with Crippen molar-refractivity contribution in [3.63, 3.8) is 0 Å². The van der Waals surface area contributed by atoms with Crippen LogP contribution in [-0.2, 0) is 0 Å². The molecule has 0 saturated carbocycles. The summed E-state index contributed by atoms with van der Waals surface area (Å²) in [5, 5.41) is 0. The number of methoxy groups -OCH3 is 2. The minimum absolute atomic E-state index is 0.188. The van der Waals surface area contributed by atoms with Gasteiger partial charge in [0.1, 0.15) is 5.75 Å². The highest BCUT2D eigenvalue weighted by molar-refractivity contribution is 6.09. The van der Waals surface area contributed by atoms with Gasteiger partial charge < -0.3 is 9.47 Å². The average molecular weight is 244 g/mol. The summed E-state index contributed by atoms with van der Waals surface area (Å²) in [6.45, 7) is 0. The Morgan fingerprint density at radius 1 is 1.11 bits per heavy atom. The first-order valence-corrected chi connectivity index (χ1v) is 5.30. The standard InChI is InChI=1S/C13H12N2O3/c1-17-10-5-3-4-9(8-10)12(16)11-13(18-2)15-7-6-14-11/h3-8H,1-2H3. The third kappa shape index (κ3) is 2.29. The molecule has 0 saturated heterocycles. The molecule has 5 heteroatoms. The van der Waals surface area contributed by atoms with Gasteiger partial charge in [-0.05, 0) is 12.1 Å². The zero-order chi connectivity index (χ0) is 13.0. The second kappa shape index (κ2) is 5.27. The van der Waals surface area contributed by atoms with Gasteiger partial charge in [0, 0.05) is 18.0 Å². The third-order valence-electron chi connectivity index (χ3n) is 2.41. The highest BCUT2D eigenvalue weighted by Crippen LogP contribution is 2.19. The van der Waals surface area contributed by atoms with Gasteiger partial charge in [-0.3, -0.25) is 4.79 Å². The number of benzene rings is 1. The molecule has 1 aromatic carbocycles. The fourth-order valence-electron chi connectivity index (χ4n) is 1.53. The molecule has 0 unspecified atom stereocenters. The lowest BCUT2D eigenvalue weighted by atomic mass is 10.1. The van der Waals surface area contributed by atoms with Crippen molar-refractivity contribution in [3.8, 4) is 11.6 Å². The molecule has 18 heavy (non-hydrogen) atoms. The zero-order valence-electron chi connectivity index (χ0n) is 10.1. The lowest BCUT2D eigenvalue weighted by Gasteiger charge is -2.06. The minimum Gasteiger partial charge on any atom is -0.497 e. The summed E-state index contributed by atoms with van der Waals surface area (Å²) in [4.78, 5) is 20.2. The number of ether oxygens (including phenoxy) is 2. The molecular formula is C13H12N2O3. The molecule has 2 rings (SSSR count). The van der Waals surface area contributed by atoms with Gasteiger partial charge in [0.25, 0.3) is 0 Å². The van der Waals surface area contributed by atoms with Crippen LogP contribution in [0.3, 0.4) is 0 Å². The predicted molar refractivity (Wildman–Crippen MR) is 65.0 cm³/mol. The number of aromatic nitrogens is 2. The van der Waals surface area contributed by atoms with Crippen molar-refractivity contribution in [3.05, 3.63) is 47.9 Å². The van der Waals surface area contributed by atoms with Gasteiger partial charge in [0.15, 0.2) is 5.69 Å². The summed E-state index contributed by atoms with van der Waals surface area (Å²) in [5.74, 6) is 0.577. The number of nitrogens with zero attached hydrogens (tertiary/aromatic N) is 2. The van der Waals surface area contributed by atoms with Gasteiger partial charge in [0.2, 0.25) is 11.7 Å². The SMILES string of the molecule is COc1cccc(C(=O)c2nccnc2OC)c1. The fourth-order valence-corrected chi connectivity index (χ4v) is 1.53. The van der Waals surface area contributed by atoms with Crippen LogP contribution in [0.25, 0.3) is 0 Å². The molecule has 0 aliphatic heterocycles. The molecule has 1 heterocycles. The van der Waals surface area contributed by atoms with Crippen LogP contribution in [0.4, 0.5) is 0 Å². The van der Waals surface area contributed by atoms with E-state index in [1.54, 1.807) is 31.4 Å². The van der Waals surface area contributed by atoms with Crippen LogP contribution in [0.15, 0.2) is 36.7 Å². The predicted octanol–water partition coefficient (Wildman–Crippen LogP) is 1.72. The van der Waals surface area contributed by atoms with E-state index in [1.165, 1.54) is 19.5 Å². The van der Waals surface area contributed by atoms with Crippen LogP contribution in [0.5, 0.6) is 11.6 Å². The molecule has 0 fully saturated rings. The molecule has 0 aliphatic carbocycles. The van der Waals surface area contributed by atoms with Gasteiger partial charge in [0.05, 0.1) is 14.2 Å². The van der Waals surface area contributed by atoms with Gasteiger partial charge in [-0.25, -0.2) is 9.97 Å². The monoisotopic (exact) mass is 244 g/mol. The molecule has 1 aromatic heterocycles. The van der Waals surface area contributed by atoms with E-state index in [0.29, 0.717) is 11.3 Å². The second-order valence-corrected chi connectivity index (χ2v) is 3.48. The van der Waals surface area contributed by atoms with Crippen LogP contribution < -0.4 is 9.47 Å². The van der Waals surface area contributed by atoms with Crippen molar-refractivity contribution < 1.29 is 14.3 Å². The highest BCUT2D eigenvalue weighted by atomic mass is 16.5. The Bertz CT molecular complexity index is 570. The number of carbonyl (C=O) groups is 1. The summed E-state index contributed by atoms with van der Waals surface area (Å²) in [6, 6.07) is 6.86. The Balaban J connectivity index is 2.41. The molecule has 0 amide bonds. The van der Waals surface area contributed by atoms with E-state index >= 15 is 0 Å². The maximum atomic E-state index is 12.3. The van der Waals surface area contributed by atoms with Crippen LogP contribution in [-0.4, -0.2) is 30.0 Å². The Morgan fingerprint density at radius 2 is 1.89 bits per heavy atom. The van der Waals surface area contributed by atoms with E-state index < -0.39 is 0 Å². The smallest absolute Gasteiger partial charge is 0.243 e. The number of ketones is 1. The van der Waals surface area contributed by atoms with E-state index in [0.717, 1.165) is 0 Å². The first kappa shape index (κ1) is 12.0. The van der Waals surface area contributed by atoms with E-state index in [2.05, 4.69) is 9.97 Å². The third-order valence-corrected chi connectivity index (χ3v) is 2.41. The lowest BCUT2D eigenvalue weighted by Crippen LogP contribution is -2.07. The minimum atomic E-state index is -0.251. The summed E-state index contributed by atoms with van der Waals surface area (Å²) in [5.41, 5.74) is 0.668. The normalized spacial score (nSPS) is 9.89. The molecule has 0 aliphatic rings. The van der Waals surface area contributed by atoms with Crippen LogP contribution in [0, 0.1) is 0 Å². The van der Waals surface area contributed by atoms with E-state index in [4.69, 9.17) is 9.47 Å². The molecule has 0 radical (unpaired) electrons. The number of carbonyl (C=O) groups excluding carboxylic acids is 1. The molecule has 2 aromatic rings. The maximum Gasteiger partial charge on any atom is 0.243 e. The lowest BCUT2D eigenvalue weighted by molar-refractivity contribution is 0.103. The summed E-state index contributed by atoms with van der Waals surface area (Å²) in [6.07, 6.45) is 2.93. The van der Waals surface area contributed by atoms with Crippen molar-refractivity contribution in [2.45, 2.75) is 0 Å². The van der Waals surface area contributed by atoms with E-state index in [-0.39, 0.29) is 17.4 Å².